The summed E-state index contributed by atoms with van der Waals surface area (Å²) in [4.78, 5) is 1.23. The van der Waals surface area contributed by atoms with Gasteiger partial charge in [-0.3, -0.25) is 0 Å². The number of methoxy groups -OCH3 is 1. The zero-order valence-electron chi connectivity index (χ0n) is 9.62. The van der Waals surface area contributed by atoms with E-state index in [0.717, 1.165) is 12.2 Å². The van der Waals surface area contributed by atoms with Crippen molar-refractivity contribution in [2.24, 2.45) is 5.73 Å². The minimum Gasteiger partial charge on any atom is -0.496 e. The lowest BCUT2D eigenvalue weighted by molar-refractivity contribution is 0.404. The predicted octanol–water partition coefficient (Wildman–Crippen LogP) is 2.87. The molecular formula is C12H19NOS. The van der Waals surface area contributed by atoms with Crippen molar-refractivity contribution >= 4 is 11.8 Å². The smallest absolute Gasteiger partial charge is 0.123 e. The van der Waals surface area contributed by atoms with Crippen LogP contribution in [0, 0.1) is 0 Å². The molecule has 0 fully saturated rings. The first kappa shape index (κ1) is 12.4. The maximum Gasteiger partial charge on any atom is 0.123 e. The van der Waals surface area contributed by atoms with E-state index in [2.05, 4.69) is 31.4 Å². The summed E-state index contributed by atoms with van der Waals surface area (Å²) in [5.41, 5.74) is 6.82. The lowest BCUT2D eigenvalue weighted by Crippen LogP contribution is -2.05. The van der Waals surface area contributed by atoms with Crippen molar-refractivity contribution in [1.29, 1.82) is 0 Å². The Hall–Kier alpha value is -0.670. The first-order valence-corrected chi connectivity index (χ1v) is 6.37. The van der Waals surface area contributed by atoms with Crippen molar-refractivity contribution in [3.05, 3.63) is 23.8 Å². The molecule has 0 radical (unpaired) electrons. The van der Waals surface area contributed by atoms with E-state index in [1.54, 1.807) is 18.9 Å². The maximum atomic E-state index is 5.57. The van der Waals surface area contributed by atoms with Crippen LogP contribution in [0.2, 0.25) is 0 Å². The summed E-state index contributed by atoms with van der Waals surface area (Å²) >= 11 is 1.73. The largest absolute Gasteiger partial charge is 0.496 e. The topological polar surface area (TPSA) is 35.2 Å². The van der Waals surface area contributed by atoms with E-state index in [-0.39, 0.29) is 0 Å². The van der Waals surface area contributed by atoms with Gasteiger partial charge < -0.3 is 10.5 Å². The highest BCUT2D eigenvalue weighted by molar-refractivity contribution is 7.98. The molecule has 1 unspecified atom stereocenters. The normalized spacial score (nSPS) is 12.5. The van der Waals surface area contributed by atoms with Gasteiger partial charge in [-0.1, -0.05) is 13.0 Å². The van der Waals surface area contributed by atoms with E-state index in [0.29, 0.717) is 12.5 Å². The summed E-state index contributed by atoms with van der Waals surface area (Å²) in [7, 11) is 1.72. The molecule has 0 bridgehead atoms. The van der Waals surface area contributed by atoms with Crippen LogP contribution in [0.4, 0.5) is 0 Å². The van der Waals surface area contributed by atoms with Crippen molar-refractivity contribution in [2.75, 3.05) is 19.9 Å². The minimum absolute atomic E-state index is 0.459. The fourth-order valence-corrected chi connectivity index (χ4v) is 2.06. The van der Waals surface area contributed by atoms with E-state index in [4.69, 9.17) is 10.5 Å². The summed E-state index contributed by atoms with van der Waals surface area (Å²) in [5.74, 6) is 1.43. The van der Waals surface area contributed by atoms with Crippen LogP contribution in [0.3, 0.4) is 0 Å². The molecule has 1 aromatic carbocycles. The first-order chi connectivity index (χ1) is 7.22. The first-order valence-electron chi connectivity index (χ1n) is 5.15. The summed E-state index contributed by atoms with van der Waals surface area (Å²) in [6.45, 7) is 2.90. The van der Waals surface area contributed by atoms with Crippen LogP contribution in [-0.4, -0.2) is 19.9 Å². The van der Waals surface area contributed by atoms with Gasteiger partial charge in [-0.25, -0.2) is 0 Å². The van der Waals surface area contributed by atoms with Crippen molar-refractivity contribution in [3.8, 4) is 5.75 Å². The molecule has 1 aromatic rings. The quantitative estimate of drug-likeness (QED) is 0.783. The van der Waals surface area contributed by atoms with Crippen molar-refractivity contribution in [2.45, 2.75) is 24.2 Å². The zero-order chi connectivity index (χ0) is 11.3. The second-order valence-corrected chi connectivity index (χ2v) is 4.47. The number of thioether (sulfide) groups is 1. The molecule has 0 aliphatic carbocycles. The second kappa shape index (κ2) is 6.03. The molecule has 0 saturated carbocycles. The summed E-state index contributed by atoms with van der Waals surface area (Å²) in [5, 5.41) is 0. The van der Waals surface area contributed by atoms with E-state index in [1.807, 2.05) is 0 Å². The van der Waals surface area contributed by atoms with Crippen LogP contribution in [0.1, 0.15) is 24.8 Å². The molecule has 84 valence electrons. The Morgan fingerprint density at radius 3 is 2.73 bits per heavy atom. The number of ether oxygens (including phenoxy) is 1. The molecule has 0 heterocycles. The Bertz CT molecular complexity index is 314. The molecule has 2 nitrogen and oxygen atoms in total. The van der Waals surface area contributed by atoms with Gasteiger partial charge in [0.15, 0.2) is 0 Å². The van der Waals surface area contributed by atoms with Crippen LogP contribution in [0.5, 0.6) is 5.75 Å². The van der Waals surface area contributed by atoms with Crippen molar-refractivity contribution in [3.63, 3.8) is 0 Å². The second-order valence-electron chi connectivity index (χ2n) is 3.59. The summed E-state index contributed by atoms with van der Waals surface area (Å²) < 4.78 is 5.40. The third kappa shape index (κ3) is 3.14. The molecule has 0 amide bonds. The standard InChI is InChI=1S/C12H19NOS/c1-9(6-7-13)11-5-4-10(15-3)8-12(11)14-2/h4-5,8-9H,6-7,13H2,1-3H3. The molecule has 0 aromatic heterocycles. The number of nitrogens with two attached hydrogens (primary N) is 1. The van der Waals surface area contributed by atoms with E-state index < -0.39 is 0 Å². The highest BCUT2D eigenvalue weighted by Crippen LogP contribution is 2.31. The van der Waals surface area contributed by atoms with E-state index in [9.17, 15) is 0 Å². The van der Waals surface area contributed by atoms with E-state index >= 15 is 0 Å². The Balaban J connectivity index is 2.96. The minimum atomic E-state index is 0.459. The van der Waals surface area contributed by atoms with Gasteiger partial charge in [0.1, 0.15) is 5.75 Å². The van der Waals surface area contributed by atoms with Gasteiger partial charge >= 0.3 is 0 Å². The van der Waals surface area contributed by atoms with Gasteiger partial charge in [0.2, 0.25) is 0 Å². The SMILES string of the molecule is COc1cc(SC)ccc1C(C)CCN. The Kier molecular flexibility index (Phi) is 4.99. The van der Waals surface area contributed by atoms with Gasteiger partial charge in [-0.15, -0.1) is 11.8 Å². The maximum absolute atomic E-state index is 5.57. The van der Waals surface area contributed by atoms with Gasteiger partial charge in [0.05, 0.1) is 7.11 Å². The summed E-state index contributed by atoms with van der Waals surface area (Å²) in [6, 6.07) is 6.37. The van der Waals surface area contributed by atoms with Crippen LogP contribution in [0.15, 0.2) is 23.1 Å². The monoisotopic (exact) mass is 225 g/mol. The fraction of sp³-hybridized carbons (Fsp3) is 0.500. The molecule has 1 rings (SSSR count). The van der Waals surface area contributed by atoms with Crippen LogP contribution >= 0.6 is 11.8 Å². The third-order valence-electron chi connectivity index (χ3n) is 2.57. The van der Waals surface area contributed by atoms with Gasteiger partial charge in [0, 0.05) is 4.90 Å². The third-order valence-corrected chi connectivity index (χ3v) is 3.30. The summed E-state index contributed by atoms with van der Waals surface area (Å²) in [6.07, 6.45) is 3.06. The van der Waals surface area contributed by atoms with Crippen molar-refractivity contribution in [1.82, 2.24) is 0 Å². The molecule has 2 N–H and O–H groups in total. The molecule has 0 saturated heterocycles. The molecule has 0 spiro atoms. The van der Waals surface area contributed by atoms with E-state index in [1.165, 1.54) is 10.5 Å². The Morgan fingerprint density at radius 1 is 1.47 bits per heavy atom. The highest BCUT2D eigenvalue weighted by atomic mass is 32.2. The Labute approximate surface area is 96.2 Å². The number of rotatable bonds is 5. The fourth-order valence-electron chi connectivity index (χ4n) is 1.63. The molecule has 1 atom stereocenters. The zero-order valence-corrected chi connectivity index (χ0v) is 10.4. The van der Waals surface area contributed by atoms with Crippen LogP contribution in [-0.2, 0) is 0 Å². The predicted molar refractivity (Wildman–Crippen MR) is 66.9 cm³/mol. The molecule has 3 heteroatoms. The molecular weight excluding hydrogens is 206 g/mol. The van der Waals surface area contributed by atoms with Crippen LogP contribution in [0.25, 0.3) is 0 Å². The van der Waals surface area contributed by atoms with Crippen molar-refractivity contribution < 1.29 is 4.74 Å². The lowest BCUT2D eigenvalue weighted by atomic mass is 9.97. The molecule has 0 aliphatic rings. The molecule has 15 heavy (non-hydrogen) atoms. The number of hydrogen-bond donors (Lipinski definition) is 1. The van der Waals surface area contributed by atoms with Gasteiger partial charge in [-0.2, -0.15) is 0 Å². The molecule has 0 aliphatic heterocycles. The average Bonchev–Trinajstić information content (AvgIpc) is 2.28. The number of hydrogen-bond acceptors (Lipinski definition) is 3. The average molecular weight is 225 g/mol. The Morgan fingerprint density at radius 2 is 2.20 bits per heavy atom. The number of benzene rings is 1. The highest BCUT2D eigenvalue weighted by Gasteiger charge is 2.11. The van der Waals surface area contributed by atoms with Gasteiger partial charge in [0.25, 0.3) is 0 Å². The lowest BCUT2D eigenvalue weighted by Gasteiger charge is -2.15. The van der Waals surface area contributed by atoms with Gasteiger partial charge in [-0.05, 0) is 42.8 Å². The van der Waals surface area contributed by atoms with Crippen LogP contribution < -0.4 is 10.5 Å².